The molecule has 0 amide bonds. The lowest BCUT2D eigenvalue weighted by Crippen LogP contribution is -2.48. The molecule has 0 saturated carbocycles. The molecule has 2 rings (SSSR count). The van der Waals surface area contributed by atoms with Crippen molar-refractivity contribution in [3.8, 4) is 5.75 Å². The number of ether oxygens (including phenoxy) is 1. The van der Waals surface area contributed by atoms with Gasteiger partial charge in [0.2, 0.25) is 0 Å². The van der Waals surface area contributed by atoms with Crippen LogP contribution in [0.3, 0.4) is 0 Å². The number of methoxy groups -OCH3 is 1. The molecule has 2 N–H and O–H groups in total. The van der Waals surface area contributed by atoms with Crippen LogP contribution >= 0.6 is 0 Å². The van der Waals surface area contributed by atoms with Crippen LogP contribution in [-0.4, -0.2) is 31.1 Å². The third-order valence-electron chi connectivity index (χ3n) is 4.76. The smallest absolute Gasteiger partial charge is 0.165 e. The Bertz CT molecular complexity index is 480. The highest BCUT2D eigenvalue weighted by atomic mass is 19.1. The van der Waals surface area contributed by atoms with E-state index >= 15 is 0 Å². The molecule has 21 heavy (non-hydrogen) atoms. The summed E-state index contributed by atoms with van der Waals surface area (Å²) in [7, 11) is 1.47. The molecule has 1 fully saturated rings. The molecule has 1 aliphatic rings. The number of nitrogens with two attached hydrogens (primary N) is 1. The maximum absolute atomic E-state index is 13.8. The van der Waals surface area contributed by atoms with Crippen LogP contribution in [0.2, 0.25) is 0 Å². The zero-order valence-electron chi connectivity index (χ0n) is 13.5. The van der Waals surface area contributed by atoms with Crippen LogP contribution in [0.1, 0.15) is 38.8 Å². The van der Waals surface area contributed by atoms with Crippen LogP contribution in [0.5, 0.6) is 5.75 Å². The summed E-state index contributed by atoms with van der Waals surface area (Å²) in [5.41, 5.74) is 7.12. The van der Waals surface area contributed by atoms with Gasteiger partial charge in [-0.1, -0.05) is 19.9 Å². The molecule has 0 aromatic heterocycles. The number of piperidine rings is 1. The van der Waals surface area contributed by atoms with Gasteiger partial charge in [-0.15, -0.1) is 0 Å². The van der Waals surface area contributed by atoms with Crippen LogP contribution in [0.4, 0.5) is 4.39 Å². The van der Waals surface area contributed by atoms with E-state index < -0.39 is 0 Å². The van der Waals surface area contributed by atoms with Gasteiger partial charge in [0.25, 0.3) is 0 Å². The topological polar surface area (TPSA) is 38.5 Å². The number of nitrogens with zero attached hydrogens (tertiary/aromatic N) is 1. The summed E-state index contributed by atoms with van der Waals surface area (Å²) >= 11 is 0. The monoisotopic (exact) mass is 294 g/mol. The fourth-order valence-electron chi connectivity index (χ4n) is 3.34. The Labute approximate surface area is 127 Å². The molecule has 4 heteroatoms. The first-order valence-electron chi connectivity index (χ1n) is 7.75. The van der Waals surface area contributed by atoms with Crippen molar-refractivity contribution in [2.75, 3.05) is 20.2 Å². The van der Waals surface area contributed by atoms with E-state index in [2.05, 4.69) is 25.7 Å². The molecule has 1 aromatic rings. The van der Waals surface area contributed by atoms with Crippen molar-refractivity contribution in [1.82, 2.24) is 4.90 Å². The molecular formula is C17H27FN2O. The predicted molar refractivity (Wildman–Crippen MR) is 83.9 cm³/mol. The van der Waals surface area contributed by atoms with Crippen molar-refractivity contribution in [3.63, 3.8) is 0 Å². The minimum absolute atomic E-state index is 0.176. The quantitative estimate of drug-likeness (QED) is 0.927. The van der Waals surface area contributed by atoms with E-state index in [-0.39, 0.29) is 17.6 Å². The van der Waals surface area contributed by atoms with Crippen molar-refractivity contribution in [1.29, 1.82) is 0 Å². The van der Waals surface area contributed by atoms with Crippen molar-refractivity contribution < 1.29 is 9.13 Å². The van der Waals surface area contributed by atoms with E-state index in [4.69, 9.17) is 10.5 Å². The molecule has 1 aliphatic heterocycles. The fraction of sp³-hybridized carbons (Fsp3) is 0.647. The third kappa shape index (κ3) is 3.74. The van der Waals surface area contributed by atoms with Crippen molar-refractivity contribution >= 4 is 0 Å². The normalized spacial score (nSPS) is 28.4. The van der Waals surface area contributed by atoms with Crippen molar-refractivity contribution in [2.45, 2.75) is 39.3 Å². The third-order valence-corrected chi connectivity index (χ3v) is 4.76. The largest absolute Gasteiger partial charge is 0.494 e. The SMILES string of the molecule is COc1ccc(C(N)CN2CC(C)CC(C)C2C)cc1F. The molecule has 0 radical (unpaired) electrons. The number of rotatable bonds is 4. The predicted octanol–water partition coefficient (Wildman–Crippen LogP) is 3.20. The Kier molecular flexibility index (Phi) is 5.22. The van der Waals surface area contributed by atoms with Crippen molar-refractivity contribution in [3.05, 3.63) is 29.6 Å². The van der Waals surface area contributed by atoms with Crippen LogP contribution in [0.15, 0.2) is 18.2 Å². The Hall–Kier alpha value is -1.13. The molecular weight excluding hydrogens is 267 g/mol. The average molecular weight is 294 g/mol. The van der Waals surface area contributed by atoms with Gasteiger partial charge in [0.1, 0.15) is 0 Å². The summed E-state index contributed by atoms with van der Waals surface area (Å²) in [6.07, 6.45) is 1.27. The van der Waals surface area contributed by atoms with Crippen LogP contribution in [-0.2, 0) is 0 Å². The highest BCUT2D eigenvalue weighted by Gasteiger charge is 2.29. The van der Waals surface area contributed by atoms with E-state index in [1.165, 1.54) is 19.6 Å². The molecule has 3 nitrogen and oxygen atoms in total. The second-order valence-electron chi connectivity index (χ2n) is 6.51. The van der Waals surface area contributed by atoms with Crippen molar-refractivity contribution in [2.24, 2.45) is 17.6 Å². The molecule has 1 aromatic carbocycles. The van der Waals surface area contributed by atoms with Crippen LogP contribution in [0.25, 0.3) is 0 Å². The number of halogens is 1. The fourth-order valence-corrected chi connectivity index (χ4v) is 3.34. The first kappa shape index (κ1) is 16.2. The first-order chi connectivity index (χ1) is 9.92. The van der Waals surface area contributed by atoms with Crippen LogP contribution in [0, 0.1) is 17.7 Å². The van der Waals surface area contributed by atoms with Gasteiger partial charge in [-0.2, -0.15) is 0 Å². The van der Waals surface area contributed by atoms with Gasteiger partial charge in [-0.25, -0.2) is 4.39 Å². The molecule has 4 unspecified atom stereocenters. The standard InChI is InChI=1S/C17H27FN2O/c1-11-7-12(2)13(3)20(9-11)10-16(19)14-5-6-17(21-4)15(18)8-14/h5-6,8,11-13,16H,7,9-10,19H2,1-4H3. The van der Waals surface area contributed by atoms with Gasteiger partial charge in [0.05, 0.1) is 7.11 Å². The first-order valence-corrected chi connectivity index (χ1v) is 7.75. The maximum Gasteiger partial charge on any atom is 0.165 e. The minimum atomic E-state index is -0.348. The molecule has 0 spiro atoms. The Morgan fingerprint density at radius 3 is 2.71 bits per heavy atom. The summed E-state index contributed by atoms with van der Waals surface area (Å²) < 4.78 is 18.7. The molecule has 4 atom stereocenters. The van der Waals surface area contributed by atoms with E-state index in [1.807, 2.05) is 6.07 Å². The number of hydrogen-bond acceptors (Lipinski definition) is 3. The van der Waals surface area contributed by atoms with E-state index in [0.717, 1.165) is 18.7 Å². The summed E-state index contributed by atoms with van der Waals surface area (Å²) in [5.74, 6) is 1.28. The van der Waals surface area contributed by atoms with E-state index in [1.54, 1.807) is 6.07 Å². The Morgan fingerprint density at radius 2 is 2.10 bits per heavy atom. The van der Waals surface area contributed by atoms with Crippen LogP contribution < -0.4 is 10.5 Å². The Balaban J connectivity index is 2.06. The van der Waals surface area contributed by atoms with E-state index in [0.29, 0.717) is 17.9 Å². The minimum Gasteiger partial charge on any atom is -0.494 e. The molecule has 0 bridgehead atoms. The molecule has 118 valence electrons. The van der Waals surface area contributed by atoms with Gasteiger partial charge >= 0.3 is 0 Å². The van der Waals surface area contributed by atoms with Gasteiger partial charge in [0.15, 0.2) is 11.6 Å². The lowest BCUT2D eigenvalue weighted by atomic mass is 9.85. The van der Waals surface area contributed by atoms with E-state index in [9.17, 15) is 4.39 Å². The average Bonchev–Trinajstić information content (AvgIpc) is 2.44. The summed E-state index contributed by atoms with van der Waals surface area (Å²) in [6, 6.07) is 5.34. The Morgan fingerprint density at radius 1 is 1.38 bits per heavy atom. The van der Waals surface area contributed by atoms with Gasteiger partial charge in [-0.05, 0) is 42.9 Å². The summed E-state index contributed by atoms with van der Waals surface area (Å²) in [6.45, 7) is 8.68. The lowest BCUT2D eigenvalue weighted by Gasteiger charge is -2.42. The van der Waals surface area contributed by atoms with Gasteiger partial charge < -0.3 is 10.5 Å². The maximum atomic E-state index is 13.8. The summed E-state index contributed by atoms with van der Waals surface area (Å²) in [4.78, 5) is 2.44. The van der Waals surface area contributed by atoms with Gasteiger partial charge in [0, 0.05) is 25.2 Å². The highest BCUT2D eigenvalue weighted by molar-refractivity contribution is 5.31. The lowest BCUT2D eigenvalue weighted by molar-refractivity contribution is 0.0741. The highest BCUT2D eigenvalue weighted by Crippen LogP contribution is 2.29. The molecule has 1 heterocycles. The molecule has 0 aliphatic carbocycles. The van der Waals surface area contributed by atoms with Gasteiger partial charge in [-0.3, -0.25) is 4.90 Å². The molecule has 1 saturated heterocycles. The summed E-state index contributed by atoms with van der Waals surface area (Å²) in [5, 5.41) is 0. The number of hydrogen-bond donors (Lipinski definition) is 1. The second kappa shape index (κ2) is 6.75. The zero-order chi connectivity index (χ0) is 15.6. The number of benzene rings is 1. The number of likely N-dealkylation sites (tertiary alicyclic amines) is 1. The second-order valence-corrected chi connectivity index (χ2v) is 6.51. The zero-order valence-corrected chi connectivity index (χ0v) is 13.5.